The Morgan fingerprint density at radius 1 is 1.17 bits per heavy atom. The van der Waals surface area contributed by atoms with E-state index in [0.29, 0.717) is 5.02 Å². The van der Waals surface area contributed by atoms with Crippen molar-refractivity contribution in [2.24, 2.45) is 0 Å². The van der Waals surface area contributed by atoms with E-state index in [2.05, 4.69) is 4.72 Å². The summed E-state index contributed by atoms with van der Waals surface area (Å²) in [6.45, 7) is 2.04. The van der Waals surface area contributed by atoms with Gasteiger partial charge < -0.3 is 4.74 Å². The zero-order chi connectivity index (χ0) is 17.0. The number of rotatable bonds is 6. The lowest BCUT2D eigenvalue weighted by Gasteiger charge is -2.19. The fourth-order valence-electron chi connectivity index (χ4n) is 2.21. The third-order valence-corrected chi connectivity index (χ3v) is 5.60. The first-order valence-electron chi connectivity index (χ1n) is 6.88. The van der Waals surface area contributed by atoms with E-state index in [1.165, 1.54) is 25.3 Å². The van der Waals surface area contributed by atoms with Crippen LogP contribution >= 0.6 is 23.2 Å². The molecule has 0 aliphatic rings. The van der Waals surface area contributed by atoms with Crippen molar-refractivity contribution >= 4 is 33.2 Å². The Bertz CT molecular complexity index is 794. The van der Waals surface area contributed by atoms with Crippen molar-refractivity contribution in [2.75, 3.05) is 13.7 Å². The summed E-state index contributed by atoms with van der Waals surface area (Å²) < 4.78 is 32.8. The highest BCUT2D eigenvalue weighted by Gasteiger charge is 2.21. The highest BCUT2D eigenvalue weighted by Crippen LogP contribution is 2.26. The van der Waals surface area contributed by atoms with Crippen LogP contribution in [0.25, 0.3) is 0 Å². The van der Waals surface area contributed by atoms with Gasteiger partial charge in [-0.2, -0.15) is 0 Å². The summed E-state index contributed by atoms with van der Waals surface area (Å²) in [6, 6.07) is 12.0. The summed E-state index contributed by atoms with van der Waals surface area (Å²) in [4.78, 5) is -0.0497. The third kappa shape index (κ3) is 4.46. The molecule has 2 rings (SSSR count). The van der Waals surface area contributed by atoms with Crippen LogP contribution in [0, 0.1) is 6.92 Å². The smallest absolute Gasteiger partial charge is 0.242 e. The molecule has 0 bridgehead atoms. The van der Waals surface area contributed by atoms with Crippen molar-refractivity contribution in [2.45, 2.75) is 17.9 Å². The first-order chi connectivity index (χ1) is 10.8. The predicted octanol–water partition coefficient (Wildman–Crippen LogP) is 3.97. The number of hydrogen-bond acceptors (Lipinski definition) is 3. The van der Waals surface area contributed by atoms with Crippen molar-refractivity contribution in [1.82, 2.24) is 4.72 Å². The van der Waals surface area contributed by atoms with Gasteiger partial charge in [0.1, 0.15) is 4.90 Å². The Kier molecular flexibility index (Phi) is 6.06. The van der Waals surface area contributed by atoms with Crippen molar-refractivity contribution in [3.8, 4) is 0 Å². The number of benzene rings is 2. The summed E-state index contributed by atoms with van der Waals surface area (Å²) >= 11 is 11.8. The number of halogens is 2. The van der Waals surface area contributed by atoms with Crippen LogP contribution in [0.1, 0.15) is 17.2 Å². The highest BCUT2D eigenvalue weighted by atomic mass is 35.5. The number of ether oxygens (including phenoxy) is 1. The SMILES string of the molecule is CO[C@@H](CNS(=O)(=O)c1cc(Cl)ccc1Cl)c1ccccc1C. The monoisotopic (exact) mass is 373 g/mol. The quantitative estimate of drug-likeness (QED) is 0.833. The Hall–Kier alpha value is -1.11. The number of aryl methyl sites for hydroxylation is 1. The molecule has 0 aliphatic heterocycles. The number of nitrogens with one attached hydrogen (secondary N) is 1. The molecule has 2 aromatic rings. The minimum absolute atomic E-state index is 0.0497. The summed E-state index contributed by atoms with van der Waals surface area (Å²) in [6.07, 6.45) is -0.399. The van der Waals surface area contributed by atoms with E-state index in [1.807, 2.05) is 31.2 Å². The highest BCUT2D eigenvalue weighted by molar-refractivity contribution is 7.89. The molecule has 0 saturated carbocycles. The standard InChI is InChI=1S/C16H17Cl2NO3S/c1-11-5-3-4-6-13(11)15(22-2)10-19-23(20,21)16-9-12(17)7-8-14(16)18/h3-9,15,19H,10H2,1-2H3/t15-/m0/s1. The van der Waals surface area contributed by atoms with Crippen LogP contribution in [0.15, 0.2) is 47.4 Å². The topological polar surface area (TPSA) is 55.4 Å². The largest absolute Gasteiger partial charge is 0.375 e. The molecule has 0 heterocycles. The van der Waals surface area contributed by atoms with Crippen molar-refractivity contribution in [1.29, 1.82) is 0 Å². The lowest BCUT2D eigenvalue weighted by Crippen LogP contribution is -2.29. The fraction of sp³-hybridized carbons (Fsp3) is 0.250. The molecule has 0 fully saturated rings. The van der Waals surface area contributed by atoms with Crippen LogP contribution in [0.3, 0.4) is 0 Å². The number of methoxy groups -OCH3 is 1. The van der Waals surface area contributed by atoms with Crippen LogP contribution < -0.4 is 4.72 Å². The molecule has 0 radical (unpaired) electrons. The number of sulfonamides is 1. The van der Waals surface area contributed by atoms with Crippen LogP contribution in [-0.4, -0.2) is 22.1 Å². The Morgan fingerprint density at radius 2 is 1.87 bits per heavy atom. The first-order valence-corrected chi connectivity index (χ1v) is 9.12. The average Bonchev–Trinajstić information content (AvgIpc) is 2.51. The molecule has 1 N–H and O–H groups in total. The van der Waals surface area contributed by atoms with Gasteiger partial charge in [-0.1, -0.05) is 47.5 Å². The maximum atomic E-state index is 12.4. The molecule has 0 aromatic heterocycles. The summed E-state index contributed by atoms with van der Waals surface area (Å²) in [7, 11) is -2.25. The molecular formula is C16H17Cl2NO3S. The predicted molar refractivity (Wildman–Crippen MR) is 92.6 cm³/mol. The van der Waals surface area contributed by atoms with Gasteiger partial charge in [-0.15, -0.1) is 0 Å². The van der Waals surface area contributed by atoms with E-state index in [4.69, 9.17) is 27.9 Å². The molecular weight excluding hydrogens is 357 g/mol. The fourth-order valence-corrected chi connectivity index (χ4v) is 4.01. The normalized spacial score (nSPS) is 13.0. The van der Waals surface area contributed by atoms with Gasteiger partial charge >= 0.3 is 0 Å². The Balaban J connectivity index is 2.21. The summed E-state index contributed by atoms with van der Waals surface area (Å²) in [5.41, 5.74) is 1.95. The van der Waals surface area contributed by atoms with Gasteiger partial charge in [0, 0.05) is 18.7 Å². The van der Waals surface area contributed by atoms with Crippen LogP contribution in [-0.2, 0) is 14.8 Å². The minimum atomic E-state index is -3.79. The van der Waals surface area contributed by atoms with Crippen molar-refractivity contribution in [3.05, 3.63) is 63.6 Å². The molecule has 23 heavy (non-hydrogen) atoms. The maximum Gasteiger partial charge on any atom is 0.242 e. The van der Waals surface area contributed by atoms with Gasteiger partial charge in [-0.3, -0.25) is 0 Å². The molecule has 2 aromatic carbocycles. The molecule has 0 saturated heterocycles. The third-order valence-electron chi connectivity index (χ3n) is 3.46. The Labute approximate surface area is 146 Å². The molecule has 4 nitrogen and oxygen atoms in total. The molecule has 124 valence electrons. The molecule has 0 spiro atoms. The van der Waals surface area contributed by atoms with E-state index in [0.717, 1.165) is 11.1 Å². The number of hydrogen-bond donors (Lipinski definition) is 1. The second kappa shape index (κ2) is 7.64. The Morgan fingerprint density at radius 3 is 2.52 bits per heavy atom. The average molecular weight is 374 g/mol. The molecule has 0 unspecified atom stereocenters. The molecule has 7 heteroatoms. The zero-order valence-corrected chi connectivity index (χ0v) is 15.0. The second-order valence-corrected chi connectivity index (χ2v) is 7.59. The molecule has 0 amide bonds. The second-order valence-electron chi connectivity index (χ2n) is 5.01. The zero-order valence-electron chi connectivity index (χ0n) is 12.7. The van der Waals surface area contributed by atoms with E-state index in [9.17, 15) is 8.42 Å². The van der Waals surface area contributed by atoms with E-state index in [-0.39, 0.29) is 16.5 Å². The van der Waals surface area contributed by atoms with Gasteiger partial charge in [0.2, 0.25) is 10.0 Å². The van der Waals surface area contributed by atoms with Gasteiger partial charge in [-0.25, -0.2) is 13.1 Å². The van der Waals surface area contributed by atoms with Crippen LogP contribution in [0.5, 0.6) is 0 Å². The minimum Gasteiger partial charge on any atom is -0.375 e. The lowest BCUT2D eigenvalue weighted by molar-refractivity contribution is 0.107. The van der Waals surface area contributed by atoms with Crippen molar-refractivity contribution < 1.29 is 13.2 Å². The van der Waals surface area contributed by atoms with Gasteiger partial charge in [0.15, 0.2) is 0 Å². The maximum absolute atomic E-state index is 12.4. The van der Waals surface area contributed by atoms with E-state index in [1.54, 1.807) is 0 Å². The molecule has 1 atom stereocenters. The summed E-state index contributed by atoms with van der Waals surface area (Å²) in [5, 5.41) is 0.420. The van der Waals surface area contributed by atoms with Crippen molar-refractivity contribution in [3.63, 3.8) is 0 Å². The summed E-state index contributed by atoms with van der Waals surface area (Å²) in [5.74, 6) is 0. The van der Waals surface area contributed by atoms with E-state index >= 15 is 0 Å². The first kappa shape index (κ1) is 18.2. The van der Waals surface area contributed by atoms with Crippen LogP contribution in [0.4, 0.5) is 0 Å². The molecule has 0 aliphatic carbocycles. The van der Waals surface area contributed by atoms with Gasteiger partial charge in [0.25, 0.3) is 0 Å². The lowest BCUT2D eigenvalue weighted by atomic mass is 10.0. The van der Waals surface area contributed by atoms with Gasteiger partial charge in [0.05, 0.1) is 11.1 Å². The van der Waals surface area contributed by atoms with Crippen LogP contribution in [0.2, 0.25) is 10.0 Å². The van der Waals surface area contributed by atoms with E-state index < -0.39 is 16.1 Å². The van der Waals surface area contributed by atoms with Gasteiger partial charge in [-0.05, 0) is 36.2 Å².